The van der Waals surface area contributed by atoms with Gasteiger partial charge in [-0.2, -0.15) is 0 Å². The number of hydrogen-bond acceptors (Lipinski definition) is 1. The number of para-hydroxylation sites is 1. The van der Waals surface area contributed by atoms with Gasteiger partial charge in [-0.05, 0) is 70.5 Å². The Hall–Kier alpha value is -3.06. The second-order valence-corrected chi connectivity index (χ2v) is 7.25. The number of rotatable bonds is 0. The summed E-state index contributed by atoms with van der Waals surface area (Å²) in [6.45, 7) is 0. The molecule has 1 nitrogen and oxygen atoms in total. The minimum Gasteiger partial charge on any atom is -0.464 e. The zero-order chi connectivity index (χ0) is 18.1. The van der Waals surface area contributed by atoms with Crippen LogP contribution in [0.5, 0.6) is 0 Å². The third kappa shape index (κ3) is 3.00. The maximum Gasteiger partial charge on any atom is 0.133 e. The normalized spacial score (nSPS) is 13.3. The van der Waals surface area contributed by atoms with E-state index in [4.69, 9.17) is 4.42 Å². The molecule has 1 aliphatic carbocycles. The topological polar surface area (TPSA) is 13.1 Å². The van der Waals surface area contributed by atoms with E-state index in [0.717, 1.165) is 11.0 Å². The number of hydrogen-bond donors (Lipinski definition) is 0. The molecule has 132 valence electrons. The van der Waals surface area contributed by atoms with Crippen LogP contribution in [0.1, 0.15) is 24.0 Å². The van der Waals surface area contributed by atoms with Gasteiger partial charge < -0.3 is 4.42 Å². The molecule has 0 bridgehead atoms. The van der Waals surface area contributed by atoms with Gasteiger partial charge in [0.25, 0.3) is 0 Å². The second kappa shape index (κ2) is 6.92. The molecule has 1 heterocycles. The summed E-state index contributed by atoms with van der Waals surface area (Å²) in [7, 11) is 0. The van der Waals surface area contributed by atoms with Crippen LogP contribution in [0.3, 0.4) is 0 Å². The van der Waals surface area contributed by atoms with E-state index >= 15 is 0 Å². The molecule has 0 saturated carbocycles. The van der Waals surface area contributed by atoms with Crippen molar-refractivity contribution < 1.29 is 4.42 Å². The zero-order valence-electron chi connectivity index (χ0n) is 15.3. The molecule has 0 spiro atoms. The molecular weight excluding hydrogens is 328 g/mol. The predicted molar refractivity (Wildman–Crippen MR) is 114 cm³/mol. The first kappa shape index (κ1) is 16.1. The summed E-state index contributed by atoms with van der Waals surface area (Å²) < 4.78 is 5.12. The van der Waals surface area contributed by atoms with Gasteiger partial charge in [0.15, 0.2) is 0 Å². The lowest BCUT2D eigenvalue weighted by Crippen LogP contribution is -2.02. The molecule has 6 rings (SSSR count). The van der Waals surface area contributed by atoms with E-state index in [2.05, 4.69) is 48.5 Å². The minimum absolute atomic E-state index is 0.956. The fourth-order valence-electron chi connectivity index (χ4n) is 4.25. The fourth-order valence-corrected chi connectivity index (χ4v) is 4.25. The highest BCUT2D eigenvalue weighted by atomic mass is 16.3. The second-order valence-electron chi connectivity index (χ2n) is 7.25. The fraction of sp³-hybridized carbons (Fsp3) is 0.154. The van der Waals surface area contributed by atoms with Crippen molar-refractivity contribution in [2.45, 2.75) is 25.7 Å². The van der Waals surface area contributed by atoms with Crippen molar-refractivity contribution in [1.29, 1.82) is 0 Å². The van der Waals surface area contributed by atoms with Crippen molar-refractivity contribution in [1.82, 2.24) is 0 Å². The maximum absolute atomic E-state index is 5.12. The van der Waals surface area contributed by atoms with Crippen LogP contribution in [0.25, 0.3) is 32.5 Å². The van der Waals surface area contributed by atoms with Crippen LogP contribution >= 0.6 is 0 Å². The van der Waals surface area contributed by atoms with Gasteiger partial charge in [0, 0.05) is 5.39 Å². The van der Waals surface area contributed by atoms with E-state index < -0.39 is 0 Å². The Labute approximate surface area is 159 Å². The van der Waals surface area contributed by atoms with Crippen molar-refractivity contribution in [3.8, 4) is 0 Å². The van der Waals surface area contributed by atoms with E-state index in [9.17, 15) is 0 Å². The van der Waals surface area contributed by atoms with E-state index in [1.54, 1.807) is 17.4 Å². The molecule has 0 atom stereocenters. The maximum atomic E-state index is 5.12. The molecule has 1 aromatic heterocycles. The van der Waals surface area contributed by atoms with Gasteiger partial charge in [-0.15, -0.1) is 0 Å². The first-order valence-electron chi connectivity index (χ1n) is 9.75. The molecule has 0 N–H and O–H groups in total. The third-order valence-electron chi connectivity index (χ3n) is 5.62. The number of furan rings is 1. The largest absolute Gasteiger partial charge is 0.464 e. The Morgan fingerprint density at radius 1 is 0.556 bits per heavy atom. The lowest BCUT2D eigenvalue weighted by molar-refractivity contribution is 0.616. The van der Waals surface area contributed by atoms with E-state index in [1.807, 2.05) is 30.3 Å². The smallest absolute Gasteiger partial charge is 0.133 e. The van der Waals surface area contributed by atoms with Crippen molar-refractivity contribution in [3.05, 3.63) is 96.3 Å². The van der Waals surface area contributed by atoms with Crippen LogP contribution in [0.4, 0.5) is 0 Å². The van der Waals surface area contributed by atoms with Gasteiger partial charge >= 0.3 is 0 Å². The summed E-state index contributed by atoms with van der Waals surface area (Å²) in [5, 5.41) is 6.81. The minimum atomic E-state index is 0.956. The number of benzene rings is 4. The van der Waals surface area contributed by atoms with Gasteiger partial charge in [-0.25, -0.2) is 0 Å². The Bertz CT molecular complexity index is 1200. The molecule has 0 fully saturated rings. The molecular formula is C26H22O. The lowest BCUT2D eigenvalue weighted by Gasteiger charge is -2.18. The van der Waals surface area contributed by atoms with Crippen LogP contribution in [0.2, 0.25) is 0 Å². The third-order valence-corrected chi connectivity index (χ3v) is 5.62. The Morgan fingerprint density at radius 3 is 2.26 bits per heavy atom. The standard InChI is InChI=1S/C18H16.C8H6O/c1-3-7-15-13(5-1)9-11-18-16-8-4-2-6-14(16)10-12-17(15)18;1-2-4-8-7(3-1)5-6-9-8/h1,3,5,7,9-12H,2,4,6,8H2;1-6H. The lowest BCUT2D eigenvalue weighted by atomic mass is 9.86. The molecule has 0 unspecified atom stereocenters. The highest BCUT2D eigenvalue weighted by Crippen LogP contribution is 2.33. The average Bonchev–Trinajstić information content (AvgIpc) is 3.23. The number of fused-ring (bicyclic) bond motifs is 6. The highest BCUT2D eigenvalue weighted by molar-refractivity contribution is 6.08. The Balaban J connectivity index is 0.000000149. The van der Waals surface area contributed by atoms with Crippen LogP contribution in [-0.2, 0) is 12.8 Å². The molecule has 0 amide bonds. The summed E-state index contributed by atoms with van der Waals surface area (Å²) >= 11 is 0. The SMILES string of the molecule is c1ccc2c(c1)ccc1c3c(ccc12)CCCC3.c1ccc2occc2c1. The van der Waals surface area contributed by atoms with Crippen LogP contribution in [0, 0.1) is 0 Å². The Morgan fingerprint density at radius 2 is 1.33 bits per heavy atom. The number of aryl methyl sites for hydroxylation is 2. The first-order valence-corrected chi connectivity index (χ1v) is 9.75. The molecule has 0 aliphatic heterocycles. The summed E-state index contributed by atoms with van der Waals surface area (Å²) in [6.07, 6.45) is 6.92. The zero-order valence-corrected chi connectivity index (χ0v) is 15.3. The van der Waals surface area contributed by atoms with Gasteiger partial charge in [0.05, 0.1) is 6.26 Å². The molecule has 4 aromatic carbocycles. The first-order chi connectivity index (χ1) is 13.4. The van der Waals surface area contributed by atoms with Crippen molar-refractivity contribution in [2.24, 2.45) is 0 Å². The van der Waals surface area contributed by atoms with Crippen molar-refractivity contribution in [3.63, 3.8) is 0 Å². The summed E-state index contributed by atoms with van der Waals surface area (Å²) in [5.74, 6) is 0. The monoisotopic (exact) mass is 350 g/mol. The van der Waals surface area contributed by atoms with Crippen molar-refractivity contribution in [2.75, 3.05) is 0 Å². The van der Waals surface area contributed by atoms with Crippen LogP contribution in [0.15, 0.2) is 89.5 Å². The predicted octanol–water partition coefficient (Wildman–Crippen LogP) is 7.30. The molecule has 0 saturated heterocycles. The highest BCUT2D eigenvalue weighted by Gasteiger charge is 2.13. The summed E-state index contributed by atoms with van der Waals surface area (Å²) in [4.78, 5) is 0. The molecule has 1 aliphatic rings. The van der Waals surface area contributed by atoms with Gasteiger partial charge in [0.1, 0.15) is 5.58 Å². The van der Waals surface area contributed by atoms with Crippen LogP contribution in [-0.4, -0.2) is 0 Å². The van der Waals surface area contributed by atoms with E-state index in [-0.39, 0.29) is 0 Å². The van der Waals surface area contributed by atoms with Gasteiger partial charge in [-0.3, -0.25) is 0 Å². The van der Waals surface area contributed by atoms with E-state index in [0.29, 0.717) is 0 Å². The summed E-state index contributed by atoms with van der Waals surface area (Å²) in [6, 6.07) is 27.9. The molecule has 1 heteroatoms. The molecule has 5 aromatic rings. The van der Waals surface area contributed by atoms with Crippen LogP contribution < -0.4 is 0 Å². The van der Waals surface area contributed by atoms with E-state index in [1.165, 1.54) is 47.2 Å². The average molecular weight is 350 g/mol. The molecule has 0 radical (unpaired) electrons. The van der Waals surface area contributed by atoms with Gasteiger partial charge in [0.2, 0.25) is 0 Å². The van der Waals surface area contributed by atoms with Gasteiger partial charge in [-0.1, -0.05) is 66.7 Å². The Kier molecular flexibility index (Phi) is 4.14. The van der Waals surface area contributed by atoms with Crippen molar-refractivity contribution >= 4 is 32.5 Å². The summed E-state index contributed by atoms with van der Waals surface area (Å²) in [5.41, 5.74) is 4.13. The molecule has 27 heavy (non-hydrogen) atoms. The quantitative estimate of drug-likeness (QED) is 0.267.